The van der Waals surface area contributed by atoms with E-state index in [0.29, 0.717) is 4.34 Å². The number of benzene rings is 1. The lowest BCUT2D eigenvalue weighted by Gasteiger charge is -2.17. The molecule has 0 aliphatic carbocycles. The molecule has 0 aliphatic heterocycles. The second kappa shape index (κ2) is 8.07. The van der Waals surface area contributed by atoms with Gasteiger partial charge in [-0.15, -0.1) is 11.3 Å². The van der Waals surface area contributed by atoms with E-state index in [1.54, 1.807) is 14.1 Å². The molecule has 0 bridgehead atoms. The van der Waals surface area contributed by atoms with E-state index >= 15 is 0 Å². The fraction of sp³-hybridized carbons (Fsp3) is 0.250. The number of esters is 1. The van der Waals surface area contributed by atoms with Gasteiger partial charge in [0.25, 0.3) is 15.9 Å². The van der Waals surface area contributed by atoms with Crippen LogP contribution in [0.15, 0.2) is 40.6 Å². The van der Waals surface area contributed by atoms with Crippen LogP contribution in [0.3, 0.4) is 0 Å². The third-order valence-corrected chi connectivity index (χ3v) is 6.36. The average molecular weight is 417 g/mol. The standard InChI is InChI=1S/C16H17ClN2O5S2/c1-10(15(20)19(2)3)24-16(21)11-4-6-12(7-5-11)18-26(22,23)14-9-8-13(17)25-14/h4-10,18H,1-3H3/t10-/m1/s1. The Hall–Kier alpha value is -2.10. The number of hydrogen-bond acceptors (Lipinski definition) is 6. The van der Waals surface area contributed by atoms with Crippen molar-refractivity contribution in [2.24, 2.45) is 0 Å². The summed E-state index contributed by atoms with van der Waals surface area (Å²) in [6.45, 7) is 1.48. The Labute approximate surface area is 160 Å². The Balaban J connectivity index is 2.06. The normalized spacial score (nSPS) is 12.3. The minimum absolute atomic E-state index is 0.0852. The molecular weight excluding hydrogens is 400 g/mol. The van der Waals surface area contributed by atoms with Crippen LogP contribution in [0, 0.1) is 0 Å². The summed E-state index contributed by atoms with van der Waals surface area (Å²) in [5.74, 6) is -1.01. The van der Waals surface area contributed by atoms with Gasteiger partial charge < -0.3 is 9.64 Å². The van der Waals surface area contributed by atoms with Crippen LogP contribution < -0.4 is 4.72 Å². The molecule has 1 aromatic carbocycles. The molecule has 0 spiro atoms. The van der Waals surface area contributed by atoms with Crippen LogP contribution in [0.25, 0.3) is 0 Å². The fourth-order valence-corrected chi connectivity index (χ4v) is 4.51. The van der Waals surface area contributed by atoms with Gasteiger partial charge in [-0.2, -0.15) is 0 Å². The zero-order valence-corrected chi connectivity index (χ0v) is 16.6. The number of carbonyl (C=O) groups excluding carboxylic acids is 2. The quantitative estimate of drug-likeness (QED) is 0.731. The smallest absolute Gasteiger partial charge is 0.338 e. The summed E-state index contributed by atoms with van der Waals surface area (Å²) in [4.78, 5) is 25.1. The van der Waals surface area contributed by atoms with Gasteiger partial charge in [0.2, 0.25) is 0 Å². The van der Waals surface area contributed by atoms with E-state index in [4.69, 9.17) is 16.3 Å². The highest BCUT2D eigenvalue weighted by molar-refractivity contribution is 7.94. The molecule has 0 saturated heterocycles. The highest BCUT2D eigenvalue weighted by Crippen LogP contribution is 2.27. The number of thiophene rings is 1. The molecule has 0 aliphatic rings. The maximum absolute atomic E-state index is 12.2. The van der Waals surface area contributed by atoms with E-state index in [-0.39, 0.29) is 21.4 Å². The van der Waals surface area contributed by atoms with Crippen LogP contribution in [0.2, 0.25) is 4.34 Å². The third kappa shape index (κ3) is 4.96. The molecule has 140 valence electrons. The summed E-state index contributed by atoms with van der Waals surface area (Å²) in [7, 11) is -0.620. The SMILES string of the molecule is C[C@@H](OC(=O)c1ccc(NS(=O)(=O)c2ccc(Cl)s2)cc1)C(=O)N(C)C. The van der Waals surface area contributed by atoms with Crippen LogP contribution in [0.5, 0.6) is 0 Å². The summed E-state index contributed by atoms with van der Waals surface area (Å²) in [5.41, 5.74) is 0.481. The van der Waals surface area contributed by atoms with Crippen LogP contribution >= 0.6 is 22.9 Å². The highest BCUT2D eigenvalue weighted by Gasteiger charge is 2.21. The van der Waals surface area contributed by atoms with E-state index in [1.165, 1.54) is 48.2 Å². The first-order valence-electron chi connectivity index (χ1n) is 7.40. The van der Waals surface area contributed by atoms with Crippen molar-refractivity contribution in [3.05, 3.63) is 46.3 Å². The molecule has 1 amide bonds. The van der Waals surface area contributed by atoms with Gasteiger partial charge in [0.05, 0.1) is 9.90 Å². The van der Waals surface area contributed by atoms with Crippen molar-refractivity contribution in [1.82, 2.24) is 4.90 Å². The third-order valence-electron chi connectivity index (χ3n) is 3.26. The summed E-state index contributed by atoms with van der Waals surface area (Å²) in [6.07, 6.45) is -0.917. The van der Waals surface area contributed by atoms with Crippen molar-refractivity contribution in [2.75, 3.05) is 18.8 Å². The molecular formula is C16H17ClN2O5S2. The summed E-state index contributed by atoms with van der Waals surface area (Å²) >= 11 is 6.69. The van der Waals surface area contributed by atoms with Gasteiger partial charge in [-0.05, 0) is 43.3 Å². The zero-order chi connectivity index (χ0) is 19.5. The van der Waals surface area contributed by atoms with Gasteiger partial charge in [-0.3, -0.25) is 9.52 Å². The molecule has 1 N–H and O–H groups in total. The first-order chi connectivity index (χ1) is 12.1. The number of sulfonamides is 1. The molecule has 1 atom stereocenters. The number of amides is 1. The van der Waals surface area contributed by atoms with Gasteiger partial charge in [0.15, 0.2) is 6.10 Å². The minimum atomic E-state index is -3.75. The summed E-state index contributed by atoms with van der Waals surface area (Å²) in [5, 5.41) is 0. The molecule has 10 heteroatoms. The largest absolute Gasteiger partial charge is 0.449 e. The number of halogens is 1. The number of rotatable bonds is 6. The topological polar surface area (TPSA) is 92.8 Å². The lowest BCUT2D eigenvalue weighted by atomic mass is 10.2. The van der Waals surface area contributed by atoms with Gasteiger partial charge in [-0.1, -0.05) is 11.6 Å². The van der Waals surface area contributed by atoms with Crippen LogP contribution in [0.4, 0.5) is 5.69 Å². The second-order valence-corrected chi connectivity index (χ2v) is 9.15. The Bertz CT molecular complexity index is 907. The maximum atomic E-state index is 12.2. The molecule has 0 fully saturated rings. The predicted molar refractivity (Wildman–Crippen MR) is 100 cm³/mol. The number of carbonyl (C=O) groups is 2. The first kappa shape index (κ1) is 20.2. The Kier molecular flexibility index (Phi) is 6.27. The first-order valence-corrected chi connectivity index (χ1v) is 10.1. The monoisotopic (exact) mass is 416 g/mol. The molecule has 0 unspecified atom stereocenters. The number of nitrogens with one attached hydrogen (secondary N) is 1. The molecule has 26 heavy (non-hydrogen) atoms. The Morgan fingerprint density at radius 1 is 1.15 bits per heavy atom. The Morgan fingerprint density at radius 2 is 1.77 bits per heavy atom. The number of hydrogen-bond donors (Lipinski definition) is 1. The van der Waals surface area contributed by atoms with Gasteiger partial charge >= 0.3 is 5.97 Å². The van der Waals surface area contributed by atoms with Crippen molar-refractivity contribution < 1.29 is 22.7 Å². The van der Waals surface area contributed by atoms with Crippen molar-refractivity contribution >= 4 is 50.5 Å². The van der Waals surface area contributed by atoms with Crippen molar-refractivity contribution in [3.8, 4) is 0 Å². The van der Waals surface area contributed by atoms with Crippen molar-refractivity contribution in [2.45, 2.75) is 17.2 Å². The van der Waals surface area contributed by atoms with Gasteiger partial charge in [0, 0.05) is 19.8 Å². The molecule has 0 saturated carbocycles. The van der Waals surface area contributed by atoms with Crippen molar-refractivity contribution in [3.63, 3.8) is 0 Å². The van der Waals surface area contributed by atoms with Crippen LogP contribution in [-0.4, -0.2) is 45.4 Å². The van der Waals surface area contributed by atoms with E-state index in [0.717, 1.165) is 11.3 Å². The Morgan fingerprint density at radius 3 is 2.27 bits per heavy atom. The van der Waals surface area contributed by atoms with Crippen LogP contribution in [-0.2, 0) is 19.6 Å². The lowest BCUT2D eigenvalue weighted by molar-refractivity contribution is -0.137. The molecule has 1 aromatic heterocycles. The molecule has 2 aromatic rings. The van der Waals surface area contributed by atoms with Crippen LogP contribution in [0.1, 0.15) is 17.3 Å². The molecule has 2 rings (SSSR count). The van der Waals surface area contributed by atoms with E-state index < -0.39 is 22.1 Å². The number of nitrogens with zero attached hydrogens (tertiary/aromatic N) is 1. The molecule has 7 nitrogen and oxygen atoms in total. The fourth-order valence-electron chi connectivity index (χ4n) is 1.96. The van der Waals surface area contributed by atoms with E-state index in [2.05, 4.69) is 4.72 Å². The number of ether oxygens (including phenoxy) is 1. The lowest BCUT2D eigenvalue weighted by Crippen LogP contribution is -2.34. The molecule has 0 radical (unpaired) electrons. The van der Waals surface area contributed by atoms with Gasteiger partial charge in [0.1, 0.15) is 4.21 Å². The predicted octanol–water partition coefficient (Wildman–Crippen LogP) is 2.84. The number of anilines is 1. The molecule has 1 heterocycles. The van der Waals surface area contributed by atoms with Gasteiger partial charge in [-0.25, -0.2) is 13.2 Å². The van der Waals surface area contributed by atoms with Crippen molar-refractivity contribution in [1.29, 1.82) is 0 Å². The summed E-state index contributed by atoms with van der Waals surface area (Å²) in [6, 6.07) is 8.59. The average Bonchev–Trinajstić information content (AvgIpc) is 3.01. The number of likely N-dealkylation sites (N-methyl/N-ethyl adjacent to an activating group) is 1. The zero-order valence-electron chi connectivity index (χ0n) is 14.2. The van der Waals surface area contributed by atoms with E-state index in [9.17, 15) is 18.0 Å². The summed E-state index contributed by atoms with van der Waals surface area (Å²) < 4.78 is 32.4. The second-order valence-electron chi connectivity index (χ2n) is 5.52. The minimum Gasteiger partial charge on any atom is -0.449 e. The maximum Gasteiger partial charge on any atom is 0.338 e. The highest BCUT2D eigenvalue weighted by atomic mass is 35.5. The van der Waals surface area contributed by atoms with E-state index in [1.807, 2.05) is 0 Å².